The van der Waals surface area contributed by atoms with E-state index in [0.717, 1.165) is 11.4 Å². The van der Waals surface area contributed by atoms with E-state index in [1.54, 1.807) is 5.56 Å². The van der Waals surface area contributed by atoms with Gasteiger partial charge in [0.2, 0.25) is 0 Å². The molecule has 2 aliphatic carbocycles. The van der Waals surface area contributed by atoms with Gasteiger partial charge in [0.05, 0.1) is 35.8 Å². The fourth-order valence-corrected chi connectivity index (χ4v) is 10.5. The minimum atomic E-state index is 0.0278. The molecule has 4 atom stereocenters. The van der Waals surface area contributed by atoms with Crippen molar-refractivity contribution < 1.29 is 0 Å². The van der Waals surface area contributed by atoms with E-state index < -0.39 is 0 Å². The first-order valence-corrected chi connectivity index (χ1v) is 15.1. The molecule has 0 aromatic heterocycles. The molecule has 0 spiro atoms. The topological polar surface area (TPSA) is 6.48 Å². The predicted molar refractivity (Wildman–Crippen MR) is 161 cm³/mol. The Balaban J connectivity index is 1.43. The lowest BCUT2D eigenvalue weighted by atomic mass is 9.33. The molecule has 0 radical (unpaired) electrons. The second-order valence-corrected chi connectivity index (χ2v) is 14.3. The molecule has 0 saturated heterocycles. The highest BCUT2D eigenvalue weighted by Gasteiger charge is 2.65. The summed E-state index contributed by atoms with van der Waals surface area (Å²) in [5.74, 6) is 0. The van der Waals surface area contributed by atoms with E-state index in [2.05, 4.69) is 92.4 Å². The zero-order valence-electron chi connectivity index (χ0n) is 23.0. The number of halogens is 1. The Hall–Kier alpha value is -2.52. The quantitative estimate of drug-likeness (QED) is 0.239. The number of para-hydroxylation sites is 2. The lowest BCUT2D eigenvalue weighted by Crippen LogP contribution is -2.66. The van der Waals surface area contributed by atoms with Crippen LogP contribution < -0.4 is 26.2 Å². The fraction of sp³-hybridized carbons (Fsp3) is 0.441. The summed E-state index contributed by atoms with van der Waals surface area (Å²) >= 11 is 7.12. The van der Waals surface area contributed by atoms with Crippen LogP contribution in [0.5, 0.6) is 0 Å². The van der Waals surface area contributed by atoms with Crippen molar-refractivity contribution >= 4 is 57.5 Å². The predicted octanol–water partition coefficient (Wildman–Crippen LogP) is 6.78. The van der Waals surface area contributed by atoms with Gasteiger partial charge >= 0.3 is 0 Å². The summed E-state index contributed by atoms with van der Waals surface area (Å²) in [6.45, 7) is 10.4. The van der Waals surface area contributed by atoms with Crippen molar-refractivity contribution in [1.29, 1.82) is 0 Å². The first kappa shape index (κ1) is 22.3. The molecule has 3 aromatic rings. The normalized spacial score (nSPS) is 34.7. The minimum absolute atomic E-state index is 0.0278. The molecular weight excluding hydrogens is 483 g/mol. The average Bonchev–Trinajstić information content (AvgIpc) is 3.25. The maximum atomic E-state index is 7.12. The largest absolute Gasteiger partial charge is 0.335 e. The molecular formula is C34H35BClN2+. The smallest absolute Gasteiger partial charge is 0.252 e. The van der Waals surface area contributed by atoms with E-state index in [-0.39, 0.29) is 28.6 Å². The van der Waals surface area contributed by atoms with Crippen LogP contribution in [0.2, 0.25) is 5.02 Å². The molecule has 4 unspecified atom stereocenters. The Labute approximate surface area is 232 Å². The van der Waals surface area contributed by atoms with E-state index in [1.165, 1.54) is 83.2 Å². The van der Waals surface area contributed by atoms with Crippen molar-refractivity contribution in [3.63, 3.8) is 0 Å². The molecule has 3 aromatic carbocycles. The number of hydrogen-bond acceptors (Lipinski definition) is 2. The van der Waals surface area contributed by atoms with Crippen molar-refractivity contribution in [2.45, 2.75) is 94.5 Å². The molecule has 38 heavy (non-hydrogen) atoms. The highest BCUT2D eigenvalue weighted by atomic mass is 35.5. The van der Waals surface area contributed by atoms with Gasteiger partial charge < -0.3 is 9.80 Å². The molecule has 4 heteroatoms. The molecule has 9 rings (SSSR count). The molecule has 6 aliphatic rings. The summed E-state index contributed by atoms with van der Waals surface area (Å²) in [6.07, 6.45) is 11.1. The van der Waals surface area contributed by atoms with Crippen LogP contribution in [0.15, 0.2) is 48.5 Å². The van der Waals surface area contributed by atoms with E-state index >= 15 is 0 Å². The number of anilines is 4. The molecule has 2 nitrogen and oxygen atoms in total. The third-order valence-corrected chi connectivity index (χ3v) is 12.8. The van der Waals surface area contributed by atoms with E-state index in [9.17, 15) is 0 Å². The van der Waals surface area contributed by atoms with E-state index in [4.69, 9.17) is 11.6 Å². The Morgan fingerprint density at radius 2 is 1.34 bits per heavy atom. The van der Waals surface area contributed by atoms with Crippen molar-refractivity contribution in [1.82, 2.24) is 0 Å². The maximum Gasteiger partial charge on any atom is 0.252 e. The zero-order valence-corrected chi connectivity index (χ0v) is 23.8. The van der Waals surface area contributed by atoms with Crippen molar-refractivity contribution in [2.75, 3.05) is 9.80 Å². The number of hydrogen-bond donors (Lipinski definition) is 0. The lowest BCUT2D eigenvalue weighted by molar-refractivity contribution is 0.195. The second-order valence-electron chi connectivity index (χ2n) is 13.9. The van der Waals surface area contributed by atoms with Gasteiger partial charge in [-0.25, -0.2) is 0 Å². The van der Waals surface area contributed by atoms with Crippen molar-refractivity contribution in [3.8, 4) is 0 Å². The summed E-state index contributed by atoms with van der Waals surface area (Å²) in [5, 5.41) is 0.868. The van der Waals surface area contributed by atoms with Crippen LogP contribution in [-0.2, 0) is 10.8 Å². The van der Waals surface area contributed by atoms with Crippen molar-refractivity contribution in [3.05, 3.63) is 71.1 Å². The van der Waals surface area contributed by atoms with Crippen molar-refractivity contribution in [2.24, 2.45) is 0 Å². The molecule has 0 amide bonds. The van der Waals surface area contributed by atoms with Gasteiger partial charge in [0, 0.05) is 39.6 Å². The van der Waals surface area contributed by atoms with Gasteiger partial charge in [0.25, 0.3) is 6.71 Å². The lowest BCUT2D eigenvalue weighted by Gasteiger charge is -2.54. The summed E-state index contributed by atoms with van der Waals surface area (Å²) in [6, 6.07) is 19.0. The zero-order chi connectivity index (χ0) is 25.8. The van der Waals surface area contributed by atoms with Crippen LogP contribution in [0, 0.1) is 6.42 Å². The van der Waals surface area contributed by atoms with Gasteiger partial charge in [-0.1, -0.05) is 67.8 Å². The molecule has 4 aliphatic heterocycles. The summed E-state index contributed by atoms with van der Waals surface area (Å²) in [5.41, 5.74) is 13.6. The van der Waals surface area contributed by atoms with Crippen LogP contribution in [0.3, 0.4) is 0 Å². The fourth-order valence-electron chi connectivity index (χ4n) is 10.3. The molecule has 4 heterocycles. The minimum Gasteiger partial charge on any atom is -0.335 e. The maximum absolute atomic E-state index is 7.12. The summed E-state index contributed by atoms with van der Waals surface area (Å²) < 4.78 is 0. The van der Waals surface area contributed by atoms with Crippen LogP contribution in [0.1, 0.15) is 83.8 Å². The average molecular weight is 518 g/mol. The Kier molecular flexibility index (Phi) is 3.88. The Bertz CT molecular complexity index is 1480. The second kappa shape index (κ2) is 6.61. The monoisotopic (exact) mass is 517 g/mol. The SMILES string of the molecule is CC12C[CH+]CCC1(C)N1c3cc(Cl)cc4c3B(c3cccc2c31)c1cccc2c1N4C1(C)CCCCC21C. The van der Waals surface area contributed by atoms with Crippen LogP contribution in [-0.4, -0.2) is 17.8 Å². The van der Waals surface area contributed by atoms with Crippen LogP contribution >= 0.6 is 11.6 Å². The van der Waals surface area contributed by atoms with Gasteiger partial charge in [-0.3, -0.25) is 0 Å². The van der Waals surface area contributed by atoms with Gasteiger partial charge in [-0.2, -0.15) is 0 Å². The third-order valence-electron chi connectivity index (χ3n) is 12.6. The van der Waals surface area contributed by atoms with Crippen LogP contribution in [0.4, 0.5) is 22.7 Å². The number of nitrogens with zero attached hydrogens (tertiary/aromatic N) is 2. The standard InChI is InChI=1S/C34H35BClN2/c1-31-15-5-7-17-33(31,3)37-26-19-21(36)20-27-28(26)35(24-13-9-11-22(31)29(24)37)25-14-10-12-23-30(25)38(27)34(4)18-8-6-16-32(23,34)2/h5,9-14,19-20H,6-8,15-18H2,1-4H3/q+1. The Morgan fingerprint density at radius 1 is 0.763 bits per heavy atom. The van der Waals surface area contributed by atoms with Crippen LogP contribution in [0.25, 0.3) is 0 Å². The van der Waals surface area contributed by atoms with Gasteiger partial charge in [-0.15, -0.1) is 0 Å². The number of benzene rings is 3. The molecule has 0 N–H and O–H groups in total. The molecule has 2 saturated carbocycles. The molecule has 2 fully saturated rings. The Morgan fingerprint density at radius 3 is 2.00 bits per heavy atom. The number of rotatable bonds is 0. The first-order chi connectivity index (χ1) is 18.2. The van der Waals surface area contributed by atoms with E-state index in [0.29, 0.717) is 0 Å². The summed E-state index contributed by atoms with van der Waals surface area (Å²) in [4.78, 5) is 5.54. The first-order valence-electron chi connectivity index (χ1n) is 14.8. The molecule has 190 valence electrons. The van der Waals surface area contributed by atoms with Gasteiger partial charge in [0.1, 0.15) is 0 Å². The highest BCUT2D eigenvalue weighted by Crippen LogP contribution is 2.64. The van der Waals surface area contributed by atoms with Gasteiger partial charge in [-0.05, 0) is 73.3 Å². The number of fused-ring (bicyclic) bond motifs is 10. The third kappa shape index (κ3) is 2.11. The summed E-state index contributed by atoms with van der Waals surface area (Å²) in [7, 11) is 0. The van der Waals surface area contributed by atoms with E-state index in [1.807, 2.05) is 0 Å². The highest BCUT2D eigenvalue weighted by molar-refractivity contribution is 7.00. The molecule has 0 bridgehead atoms. The van der Waals surface area contributed by atoms with Gasteiger partial charge in [0.15, 0.2) is 0 Å².